The fraction of sp³-hybridized carbons (Fsp3) is 0.412. The Morgan fingerprint density at radius 1 is 1.38 bits per heavy atom. The largest absolute Gasteiger partial charge is 0.391 e. The van der Waals surface area contributed by atoms with Crippen LogP contribution in [0.15, 0.2) is 42.8 Å². The fourth-order valence-corrected chi connectivity index (χ4v) is 2.89. The van der Waals surface area contributed by atoms with Gasteiger partial charge in [0.2, 0.25) is 5.91 Å². The molecule has 1 aliphatic carbocycles. The summed E-state index contributed by atoms with van der Waals surface area (Å²) in [4.78, 5) is 18.2. The second-order valence-electron chi connectivity index (χ2n) is 5.74. The maximum atomic E-state index is 12.2. The lowest BCUT2D eigenvalue weighted by Gasteiger charge is -2.17. The Balaban J connectivity index is 1.67. The van der Waals surface area contributed by atoms with E-state index in [4.69, 9.17) is 0 Å². The summed E-state index contributed by atoms with van der Waals surface area (Å²) in [6.07, 6.45) is 13.7. The Morgan fingerprint density at radius 3 is 3.00 bits per heavy atom. The van der Waals surface area contributed by atoms with Gasteiger partial charge in [0, 0.05) is 31.4 Å². The second kappa shape index (κ2) is 6.22. The van der Waals surface area contributed by atoms with Gasteiger partial charge in [-0.05, 0) is 24.0 Å². The molecule has 1 aromatic heterocycles. The zero-order valence-corrected chi connectivity index (χ0v) is 12.0. The van der Waals surface area contributed by atoms with E-state index >= 15 is 0 Å². The van der Waals surface area contributed by atoms with E-state index in [0.29, 0.717) is 31.8 Å². The number of carbonyl (C=O) groups is 1. The van der Waals surface area contributed by atoms with Gasteiger partial charge in [0.25, 0.3) is 0 Å². The van der Waals surface area contributed by atoms with Crippen molar-refractivity contribution in [3.63, 3.8) is 0 Å². The van der Waals surface area contributed by atoms with Crippen LogP contribution >= 0.6 is 0 Å². The normalized spacial score (nSPS) is 24.5. The zero-order valence-electron chi connectivity index (χ0n) is 12.0. The highest BCUT2D eigenvalue weighted by Gasteiger charge is 2.24. The first-order chi connectivity index (χ1) is 10.2. The minimum atomic E-state index is -0.363. The van der Waals surface area contributed by atoms with Crippen molar-refractivity contribution >= 4 is 5.91 Å². The maximum absolute atomic E-state index is 12.2. The number of aromatic nitrogens is 1. The predicted molar refractivity (Wildman–Crippen MR) is 80.8 cm³/mol. The molecule has 1 fully saturated rings. The summed E-state index contributed by atoms with van der Waals surface area (Å²) in [6.45, 7) is 1.12. The number of pyridine rings is 1. The molecule has 2 aliphatic rings. The molecule has 2 heterocycles. The predicted octanol–water partition coefficient (Wildman–Crippen LogP) is 1.82. The lowest BCUT2D eigenvalue weighted by atomic mass is 9.93. The molecule has 1 saturated heterocycles. The van der Waals surface area contributed by atoms with E-state index in [1.165, 1.54) is 0 Å². The monoisotopic (exact) mass is 284 g/mol. The first-order valence-electron chi connectivity index (χ1n) is 7.45. The van der Waals surface area contributed by atoms with Crippen LogP contribution in [0.3, 0.4) is 0 Å². The van der Waals surface area contributed by atoms with Gasteiger partial charge >= 0.3 is 0 Å². The number of aliphatic hydroxyl groups excluding tert-OH is 1. The van der Waals surface area contributed by atoms with Crippen molar-refractivity contribution < 1.29 is 9.90 Å². The van der Waals surface area contributed by atoms with Crippen molar-refractivity contribution in [3.8, 4) is 0 Å². The Kier molecular flexibility index (Phi) is 4.15. The van der Waals surface area contributed by atoms with E-state index in [9.17, 15) is 9.90 Å². The molecule has 2 atom stereocenters. The van der Waals surface area contributed by atoms with Gasteiger partial charge in [0.1, 0.15) is 0 Å². The molecule has 21 heavy (non-hydrogen) atoms. The molecule has 0 radical (unpaired) electrons. The van der Waals surface area contributed by atoms with Crippen LogP contribution in [0, 0.1) is 0 Å². The molecule has 4 heteroatoms. The molecular formula is C17H20N2O2. The third-order valence-electron chi connectivity index (χ3n) is 4.10. The molecule has 110 valence electrons. The van der Waals surface area contributed by atoms with E-state index in [2.05, 4.69) is 35.4 Å². The van der Waals surface area contributed by atoms with Crippen molar-refractivity contribution in [2.75, 3.05) is 13.1 Å². The number of β-amino-alcohol motifs (C(OH)–C–C–N with tert-alkyl or cyclic N) is 1. The molecular weight excluding hydrogens is 264 g/mol. The molecule has 0 saturated carbocycles. The number of hydrogen-bond acceptors (Lipinski definition) is 3. The highest BCUT2D eigenvalue weighted by atomic mass is 16.3. The third kappa shape index (κ3) is 3.39. The third-order valence-corrected chi connectivity index (χ3v) is 4.10. The molecule has 4 nitrogen and oxygen atoms in total. The van der Waals surface area contributed by atoms with Gasteiger partial charge in [-0.3, -0.25) is 9.78 Å². The minimum Gasteiger partial charge on any atom is -0.391 e. The summed E-state index contributed by atoms with van der Waals surface area (Å²) in [5, 5.41) is 9.51. The summed E-state index contributed by atoms with van der Waals surface area (Å²) in [5.41, 5.74) is 2.10. The Labute approximate surface area is 124 Å². The average Bonchev–Trinajstić information content (AvgIpc) is 2.95. The maximum Gasteiger partial charge on any atom is 0.227 e. The average molecular weight is 284 g/mol. The molecule has 1 unspecified atom stereocenters. The van der Waals surface area contributed by atoms with Crippen LogP contribution in [-0.2, 0) is 11.2 Å². The first-order valence-corrected chi connectivity index (χ1v) is 7.45. The highest BCUT2D eigenvalue weighted by Crippen LogP contribution is 2.24. The molecule has 1 N–H and O–H groups in total. The second-order valence-corrected chi connectivity index (χ2v) is 5.74. The number of carbonyl (C=O) groups excluding carboxylic acids is 1. The van der Waals surface area contributed by atoms with Gasteiger partial charge in [-0.2, -0.15) is 0 Å². The topological polar surface area (TPSA) is 53.4 Å². The van der Waals surface area contributed by atoms with E-state index in [-0.39, 0.29) is 12.0 Å². The lowest BCUT2D eigenvalue weighted by molar-refractivity contribution is -0.129. The molecule has 1 amide bonds. The Bertz CT molecular complexity index is 580. The van der Waals surface area contributed by atoms with E-state index in [0.717, 1.165) is 17.5 Å². The molecule has 0 bridgehead atoms. The van der Waals surface area contributed by atoms with Crippen LogP contribution in [0.5, 0.6) is 0 Å². The summed E-state index contributed by atoms with van der Waals surface area (Å²) >= 11 is 0. The highest BCUT2D eigenvalue weighted by molar-refractivity contribution is 5.79. The molecule has 0 aromatic carbocycles. The van der Waals surface area contributed by atoms with E-state index < -0.39 is 0 Å². The van der Waals surface area contributed by atoms with Crippen molar-refractivity contribution in [3.05, 3.63) is 53.9 Å². The van der Waals surface area contributed by atoms with Crippen LogP contribution in [-0.4, -0.2) is 40.1 Å². The van der Waals surface area contributed by atoms with Crippen molar-refractivity contribution in [2.24, 2.45) is 0 Å². The number of allylic oxidation sites excluding steroid dienone is 4. The standard InChI is InChI=1S/C17H20N2O2/c20-16-6-7-19(12-16)17(21)9-13-8-15(11-18-10-13)14-4-2-1-3-5-14/h1-4,8,10-11,14,16,20H,5-7,9,12H2/t14?,16-/m1/s1. The van der Waals surface area contributed by atoms with Gasteiger partial charge in [-0.15, -0.1) is 0 Å². The number of hydrogen-bond donors (Lipinski definition) is 1. The van der Waals surface area contributed by atoms with Crippen molar-refractivity contribution in [1.29, 1.82) is 0 Å². The molecule has 3 rings (SSSR count). The Hall–Kier alpha value is -1.94. The number of rotatable bonds is 3. The number of aliphatic hydroxyl groups is 1. The lowest BCUT2D eigenvalue weighted by Crippen LogP contribution is -2.30. The SMILES string of the molecule is O=C(Cc1cncc(C2C=CC=CC2)c1)N1CC[C@@H](O)C1. The fourth-order valence-electron chi connectivity index (χ4n) is 2.89. The van der Waals surface area contributed by atoms with E-state index in [1.54, 1.807) is 11.1 Å². The molecule has 1 aromatic rings. The smallest absolute Gasteiger partial charge is 0.227 e. The minimum absolute atomic E-state index is 0.0737. The number of likely N-dealkylation sites (tertiary alicyclic amines) is 1. The summed E-state index contributed by atoms with van der Waals surface area (Å²) in [7, 11) is 0. The van der Waals surface area contributed by atoms with Crippen LogP contribution in [0.25, 0.3) is 0 Å². The quantitative estimate of drug-likeness (QED) is 0.921. The summed E-state index contributed by atoms with van der Waals surface area (Å²) in [6, 6.07) is 2.07. The Morgan fingerprint density at radius 2 is 2.29 bits per heavy atom. The van der Waals surface area contributed by atoms with Gasteiger partial charge in [-0.1, -0.05) is 30.4 Å². The van der Waals surface area contributed by atoms with Crippen molar-refractivity contribution in [2.45, 2.75) is 31.3 Å². The molecule has 0 spiro atoms. The van der Waals surface area contributed by atoms with Crippen LogP contribution in [0.2, 0.25) is 0 Å². The van der Waals surface area contributed by atoms with Gasteiger partial charge < -0.3 is 10.0 Å². The molecule has 1 aliphatic heterocycles. The number of amides is 1. The van der Waals surface area contributed by atoms with Gasteiger partial charge in [-0.25, -0.2) is 0 Å². The van der Waals surface area contributed by atoms with Gasteiger partial charge in [0.15, 0.2) is 0 Å². The summed E-state index contributed by atoms with van der Waals surface area (Å²) in [5.74, 6) is 0.427. The van der Waals surface area contributed by atoms with Crippen LogP contribution in [0.1, 0.15) is 29.9 Å². The van der Waals surface area contributed by atoms with Crippen LogP contribution < -0.4 is 0 Å². The van der Waals surface area contributed by atoms with Crippen LogP contribution in [0.4, 0.5) is 0 Å². The van der Waals surface area contributed by atoms with Gasteiger partial charge in [0.05, 0.1) is 12.5 Å². The van der Waals surface area contributed by atoms with Crippen molar-refractivity contribution in [1.82, 2.24) is 9.88 Å². The zero-order chi connectivity index (χ0) is 14.7. The number of nitrogens with zero attached hydrogens (tertiary/aromatic N) is 2. The van der Waals surface area contributed by atoms with E-state index in [1.807, 2.05) is 6.20 Å². The summed E-state index contributed by atoms with van der Waals surface area (Å²) < 4.78 is 0. The first kappa shape index (κ1) is 14.0.